The highest BCUT2D eigenvalue weighted by atomic mass is 79.9. The molecule has 0 unspecified atom stereocenters. The average Bonchev–Trinajstić information content (AvgIpc) is 2.60. The lowest BCUT2D eigenvalue weighted by Crippen LogP contribution is -2.11. The second kappa shape index (κ2) is 7.40. The van der Waals surface area contributed by atoms with E-state index in [4.69, 9.17) is 16.3 Å². The van der Waals surface area contributed by atoms with E-state index in [9.17, 15) is 9.18 Å². The van der Waals surface area contributed by atoms with Crippen LogP contribution >= 0.6 is 43.5 Å². The van der Waals surface area contributed by atoms with E-state index in [-0.39, 0.29) is 11.1 Å². The zero-order valence-electron chi connectivity index (χ0n) is 12.9. The molecule has 0 bridgehead atoms. The molecule has 0 N–H and O–H groups in total. The van der Waals surface area contributed by atoms with Gasteiger partial charge >= 0.3 is 5.97 Å². The molecule has 25 heavy (non-hydrogen) atoms. The number of benzene rings is 2. The number of hydrogen-bond donors (Lipinski definition) is 0. The van der Waals surface area contributed by atoms with Crippen LogP contribution in [0.2, 0.25) is 5.02 Å². The molecule has 0 radical (unpaired) electrons. The second-order valence-electron chi connectivity index (χ2n) is 5.18. The minimum Gasteiger partial charge on any atom is -0.465 e. The summed E-state index contributed by atoms with van der Waals surface area (Å²) in [5, 5.41) is 1.03. The summed E-state index contributed by atoms with van der Waals surface area (Å²) in [6.07, 6.45) is 0. The number of hydrogen-bond acceptors (Lipinski definition) is 3. The zero-order chi connectivity index (χ0) is 18.1. The molecule has 128 valence electrons. The van der Waals surface area contributed by atoms with Crippen molar-refractivity contribution in [3.8, 4) is 11.1 Å². The van der Waals surface area contributed by atoms with Crippen LogP contribution in [0.3, 0.4) is 0 Å². The molecule has 7 heteroatoms. The van der Waals surface area contributed by atoms with Crippen molar-refractivity contribution in [2.45, 2.75) is 3.74 Å². The third-order valence-corrected chi connectivity index (χ3v) is 4.82. The van der Waals surface area contributed by atoms with Crippen molar-refractivity contribution in [1.82, 2.24) is 4.98 Å². The van der Waals surface area contributed by atoms with E-state index >= 15 is 0 Å². The van der Waals surface area contributed by atoms with Gasteiger partial charge in [0, 0.05) is 21.5 Å². The maximum Gasteiger partial charge on any atom is 0.340 e. The predicted octanol–water partition coefficient (Wildman–Crippen LogP) is 6.27. The SMILES string of the molecule is COC(=O)c1c(C(Br)Br)nc2ccc(Cl)cc2c1-c1ccccc1F. The van der Waals surface area contributed by atoms with Gasteiger partial charge in [0.05, 0.1) is 23.9 Å². The average molecular weight is 488 g/mol. The fraction of sp³-hybridized carbons (Fsp3) is 0.111. The Morgan fingerprint density at radius 2 is 1.96 bits per heavy atom. The molecule has 0 saturated carbocycles. The molecule has 3 nitrogen and oxygen atoms in total. The smallest absolute Gasteiger partial charge is 0.340 e. The third kappa shape index (κ3) is 3.43. The highest BCUT2D eigenvalue weighted by molar-refractivity contribution is 9.24. The number of nitrogens with zero attached hydrogens (tertiary/aromatic N) is 1. The van der Waals surface area contributed by atoms with Gasteiger partial charge in [0.15, 0.2) is 0 Å². The minimum absolute atomic E-state index is 0.182. The van der Waals surface area contributed by atoms with Gasteiger partial charge in [-0.2, -0.15) is 0 Å². The summed E-state index contributed by atoms with van der Waals surface area (Å²) in [5.41, 5.74) is 1.85. The van der Waals surface area contributed by atoms with Crippen molar-refractivity contribution in [3.63, 3.8) is 0 Å². The summed E-state index contributed by atoms with van der Waals surface area (Å²) in [6, 6.07) is 11.3. The molecule has 0 atom stereocenters. The van der Waals surface area contributed by atoms with E-state index in [0.29, 0.717) is 27.2 Å². The Hall–Kier alpha value is -1.50. The van der Waals surface area contributed by atoms with Crippen LogP contribution in [0.15, 0.2) is 42.5 Å². The first kappa shape index (κ1) is 18.3. The first-order valence-corrected chi connectivity index (χ1v) is 9.39. The number of esters is 1. The Kier molecular flexibility index (Phi) is 5.41. The molecule has 0 aliphatic carbocycles. The van der Waals surface area contributed by atoms with Crippen LogP contribution in [0.5, 0.6) is 0 Å². The van der Waals surface area contributed by atoms with E-state index in [0.717, 1.165) is 0 Å². The summed E-state index contributed by atoms with van der Waals surface area (Å²) < 4.78 is 19.1. The van der Waals surface area contributed by atoms with E-state index < -0.39 is 15.5 Å². The topological polar surface area (TPSA) is 39.2 Å². The molecular weight excluding hydrogens is 476 g/mol. The predicted molar refractivity (Wildman–Crippen MR) is 104 cm³/mol. The van der Waals surface area contributed by atoms with E-state index in [1.54, 1.807) is 36.4 Å². The lowest BCUT2D eigenvalue weighted by Gasteiger charge is -2.17. The first-order valence-electron chi connectivity index (χ1n) is 7.18. The lowest BCUT2D eigenvalue weighted by atomic mass is 9.94. The summed E-state index contributed by atoms with van der Waals surface area (Å²) in [4.78, 5) is 17.0. The maximum atomic E-state index is 14.6. The van der Waals surface area contributed by atoms with Crippen LogP contribution in [0.4, 0.5) is 4.39 Å². The van der Waals surface area contributed by atoms with Gasteiger partial charge in [-0.1, -0.05) is 61.7 Å². The lowest BCUT2D eigenvalue weighted by molar-refractivity contribution is 0.0600. The highest BCUT2D eigenvalue weighted by Gasteiger charge is 2.27. The normalized spacial score (nSPS) is 11.1. The summed E-state index contributed by atoms with van der Waals surface area (Å²) in [7, 11) is 1.27. The van der Waals surface area contributed by atoms with Crippen molar-refractivity contribution >= 4 is 60.3 Å². The molecule has 0 aliphatic heterocycles. The molecule has 3 rings (SSSR count). The number of pyridine rings is 1. The summed E-state index contributed by atoms with van der Waals surface area (Å²) >= 11 is 12.9. The van der Waals surface area contributed by atoms with Gasteiger partial charge in [0.1, 0.15) is 9.55 Å². The largest absolute Gasteiger partial charge is 0.465 e. The third-order valence-electron chi connectivity index (χ3n) is 3.71. The first-order chi connectivity index (χ1) is 11.9. The summed E-state index contributed by atoms with van der Waals surface area (Å²) in [5.74, 6) is -1.06. The second-order valence-corrected chi connectivity index (χ2v) is 8.68. The number of alkyl halides is 2. The fourth-order valence-electron chi connectivity index (χ4n) is 2.66. The van der Waals surface area contributed by atoms with Crippen LogP contribution in [0, 0.1) is 5.82 Å². The molecule has 1 heterocycles. The Morgan fingerprint density at radius 3 is 2.60 bits per heavy atom. The van der Waals surface area contributed by atoms with Gasteiger partial charge in [0.25, 0.3) is 0 Å². The number of aromatic nitrogens is 1. The molecule has 0 fully saturated rings. The van der Waals surface area contributed by atoms with Gasteiger partial charge in [-0.25, -0.2) is 14.2 Å². The molecule has 3 aromatic rings. The molecule has 0 saturated heterocycles. The van der Waals surface area contributed by atoms with Crippen molar-refractivity contribution in [2.75, 3.05) is 7.11 Å². The number of rotatable bonds is 3. The quantitative estimate of drug-likeness (QED) is 0.323. The Balaban J connectivity index is 2.55. The van der Waals surface area contributed by atoms with Crippen molar-refractivity contribution in [1.29, 1.82) is 0 Å². The molecule has 0 amide bonds. The van der Waals surface area contributed by atoms with Crippen molar-refractivity contribution < 1.29 is 13.9 Å². The van der Waals surface area contributed by atoms with Gasteiger partial charge in [0.2, 0.25) is 0 Å². The van der Waals surface area contributed by atoms with Crippen molar-refractivity contribution in [2.24, 2.45) is 0 Å². The van der Waals surface area contributed by atoms with Gasteiger partial charge in [-0.15, -0.1) is 0 Å². The number of carbonyl (C=O) groups excluding carboxylic acids is 1. The molecule has 1 aromatic heterocycles. The Bertz CT molecular complexity index is 979. The maximum absolute atomic E-state index is 14.6. The van der Waals surface area contributed by atoms with Gasteiger partial charge < -0.3 is 4.74 Å². The number of halogens is 4. The Labute approximate surface area is 165 Å². The molecule has 0 aliphatic rings. The molecular formula is C18H11Br2ClFNO2. The Morgan fingerprint density at radius 1 is 1.24 bits per heavy atom. The number of fused-ring (bicyclic) bond motifs is 1. The number of carbonyl (C=O) groups is 1. The van der Waals surface area contributed by atoms with Crippen LogP contribution in [-0.2, 0) is 4.74 Å². The zero-order valence-corrected chi connectivity index (χ0v) is 16.8. The van der Waals surface area contributed by atoms with Gasteiger partial charge in [-0.05, 0) is 24.3 Å². The van der Waals surface area contributed by atoms with E-state index in [2.05, 4.69) is 36.8 Å². The standard InChI is InChI=1S/C18H11Br2ClFNO2/c1-25-18(24)15-14(10-4-2-3-5-12(10)22)11-8-9(21)6-7-13(11)23-16(15)17(19)20/h2-8,17H,1H3. The number of ether oxygens (including phenoxy) is 1. The van der Waals surface area contributed by atoms with Crippen LogP contribution < -0.4 is 0 Å². The molecule has 2 aromatic carbocycles. The highest BCUT2D eigenvalue weighted by Crippen LogP contribution is 2.41. The van der Waals surface area contributed by atoms with Crippen LogP contribution in [-0.4, -0.2) is 18.1 Å². The van der Waals surface area contributed by atoms with E-state index in [1.807, 2.05) is 0 Å². The fourth-order valence-corrected chi connectivity index (χ4v) is 3.50. The monoisotopic (exact) mass is 485 g/mol. The minimum atomic E-state index is -0.605. The molecule has 0 spiro atoms. The van der Waals surface area contributed by atoms with Crippen LogP contribution in [0.1, 0.15) is 19.8 Å². The number of methoxy groups -OCH3 is 1. The van der Waals surface area contributed by atoms with E-state index in [1.165, 1.54) is 13.2 Å². The van der Waals surface area contributed by atoms with Crippen molar-refractivity contribution in [3.05, 3.63) is 64.6 Å². The van der Waals surface area contributed by atoms with Crippen LogP contribution in [0.25, 0.3) is 22.0 Å². The van der Waals surface area contributed by atoms with Gasteiger partial charge in [-0.3, -0.25) is 0 Å². The summed E-state index contributed by atoms with van der Waals surface area (Å²) in [6.45, 7) is 0.